The van der Waals surface area contributed by atoms with Crippen molar-refractivity contribution in [2.75, 3.05) is 26.9 Å². The molecular weight excluding hydrogens is 522 g/mol. The van der Waals surface area contributed by atoms with E-state index in [0.29, 0.717) is 0 Å². The summed E-state index contributed by atoms with van der Waals surface area (Å²) in [5.41, 5.74) is 0. The molecule has 10 N–H and O–H groups in total. The lowest BCUT2D eigenvalue weighted by atomic mass is 9.94. The van der Waals surface area contributed by atoms with Gasteiger partial charge >= 0.3 is 0 Å². The van der Waals surface area contributed by atoms with Gasteiger partial charge in [0.05, 0.1) is 19.8 Å². The summed E-state index contributed by atoms with van der Waals surface area (Å²) in [5, 5.41) is 93.9. The van der Waals surface area contributed by atoms with Gasteiger partial charge in [-0.15, -0.1) is 0 Å². The molecule has 0 aliphatic carbocycles. The topological polar surface area (TPSA) is 267 Å². The Morgan fingerprint density at radius 1 is 0.658 bits per heavy atom. The lowest BCUT2D eigenvalue weighted by Gasteiger charge is -2.49. The van der Waals surface area contributed by atoms with Crippen LogP contribution in [0, 0.1) is 0 Å². The predicted molar refractivity (Wildman–Crippen MR) is 118 cm³/mol. The van der Waals surface area contributed by atoms with E-state index in [9.17, 15) is 50.8 Å². The van der Waals surface area contributed by atoms with E-state index < -0.39 is 118 Å². The number of ether oxygens (including phenoxy) is 6. The largest absolute Gasteiger partial charge is 0.394 e. The van der Waals surface area contributed by atoms with Crippen molar-refractivity contribution in [1.82, 2.24) is 5.32 Å². The van der Waals surface area contributed by atoms with Crippen molar-refractivity contribution in [2.24, 2.45) is 0 Å². The van der Waals surface area contributed by atoms with Crippen LogP contribution in [0.15, 0.2) is 0 Å². The van der Waals surface area contributed by atoms with E-state index in [0.717, 1.165) is 6.92 Å². The smallest absolute Gasteiger partial charge is 0.217 e. The van der Waals surface area contributed by atoms with Crippen LogP contribution in [0.25, 0.3) is 0 Å². The summed E-state index contributed by atoms with van der Waals surface area (Å²) < 4.78 is 32.6. The van der Waals surface area contributed by atoms with E-state index >= 15 is 0 Å². The van der Waals surface area contributed by atoms with Crippen LogP contribution >= 0.6 is 0 Å². The zero-order chi connectivity index (χ0) is 28.3. The molecule has 0 unspecified atom stereocenters. The number of nitrogens with one attached hydrogen (secondary N) is 1. The van der Waals surface area contributed by atoms with Crippen molar-refractivity contribution in [1.29, 1.82) is 0 Å². The Balaban J connectivity index is 1.84. The van der Waals surface area contributed by atoms with E-state index in [2.05, 4.69) is 5.32 Å². The Bertz CT molecular complexity index is 745. The van der Waals surface area contributed by atoms with E-state index in [4.69, 9.17) is 28.4 Å². The number of aliphatic hydroxyl groups excluding tert-OH is 9. The van der Waals surface area contributed by atoms with E-state index in [1.165, 1.54) is 7.11 Å². The monoisotopic (exact) mass is 559 g/mol. The van der Waals surface area contributed by atoms with Gasteiger partial charge in [0.2, 0.25) is 5.91 Å². The molecule has 0 spiro atoms. The molecule has 0 radical (unpaired) electrons. The first-order valence-electron chi connectivity index (χ1n) is 12.0. The van der Waals surface area contributed by atoms with Crippen LogP contribution in [0.2, 0.25) is 0 Å². The minimum absolute atomic E-state index is 0.656. The molecule has 0 saturated carbocycles. The molecule has 17 nitrogen and oxygen atoms in total. The molecule has 3 fully saturated rings. The first-order chi connectivity index (χ1) is 18.0. The van der Waals surface area contributed by atoms with Crippen molar-refractivity contribution in [3.05, 3.63) is 0 Å². The highest BCUT2D eigenvalue weighted by atomic mass is 16.7. The molecular formula is C21H37NO16. The highest BCUT2D eigenvalue weighted by Gasteiger charge is 2.54. The maximum absolute atomic E-state index is 11.9. The first-order valence-corrected chi connectivity index (χ1v) is 12.0. The van der Waals surface area contributed by atoms with E-state index in [1.807, 2.05) is 0 Å². The average molecular weight is 560 g/mol. The molecule has 0 bridgehead atoms. The van der Waals surface area contributed by atoms with Gasteiger partial charge in [-0.3, -0.25) is 4.79 Å². The fourth-order valence-corrected chi connectivity index (χ4v) is 4.64. The Morgan fingerprint density at radius 3 is 1.74 bits per heavy atom. The Morgan fingerprint density at radius 2 is 1.18 bits per heavy atom. The third-order valence-corrected chi connectivity index (χ3v) is 6.71. The fraction of sp³-hybridized carbons (Fsp3) is 0.952. The third-order valence-electron chi connectivity index (χ3n) is 6.71. The van der Waals surface area contributed by atoms with Crippen molar-refractivity contribution < 1.29 is 79.2 Å². The molecule has 1 amide bonds. The lowest BCUT2D eigenvalue weighted by Crippen LogP contribution is -2.69. The molecule has 3 saturated heterocycles. The van der Waals surface area contributed by atoms with E-state index in [1.54, 1.807) is 0 Å². The molecule has 222 valence electrons. The summed E-state index contributed by atoms with van der Waals surface area (Å²) in [6, 6.07) is -1.44. The number of carbonyl (C=O) groups excluding carboxylic acids is 1. The molecule has 38 heavy (non-hydrogen) atoms. The lowest BCUT2D eigenvalue weighted by molar-refractivity contribution is -0.366. The van der Waals surface area contributed by atoms with Gasteiger partial charge in [0.15, 0.2) is 18.9 Å². The van der Waals surface area contributed by atoms with Crippen LogP contribution in [0.3, 0.4) is 0 Å². The number of aliphatic hydroxyl groups is 9. The van der Waals surface area contributed by atoms with Gasteiger partial charge in [0.1, 0.15) is 73.2 Å². The average Bonchev–Trinajstić information content (AvgIpc) is 2.89. The van der Waals surface area contributed by atoms with Gasteiger partial charge in [-0.25, -0.2) is 0 Å². The molecule has 3 heterocycles. The SMILES string of the molecule is CO[C@@H]1O[C@H](CO)[C@H](O)[C@@H](O[C@@H]2O[C@H](CO)[C@@H](O[C@@H]3O[C@H](CO)[C@H](O)[C@@H](O)[C@H]3O)[C@@H](O)[C@H]2NC(C)=O)[C@H]1O. The summed E-state index contributed by atoms with van der Waals surface area (Å²) in [7, 11) is 1.21. The van der Waals surface area contributed by atoms with E-state index in [-0.39, 0.29) is 0 Å². The van der Waals surface area contributed by atoms with Crippen LogP contribution < -0.4 is 5.32 Å². The van der Waals surface area contributed by atoms with Crippen LogP contribution in [0.5, 0.6) is 0 Å². The van der Waals surface area contributed by atoms with Gasteiger partial charge in [0.25, 0.3) is 0 Å². The van der Waals surface area contributed by atoms with Crippen molar-refractivity contribution >= 4 is 5.91 Å². The number of hydrogen-bond donors (Lipinski definition) is 10. The normalized spacial score (nSPS) is 48.0. The summed E-state index contributed by atoms with van der Waals surface area (Å²) in [4.78, 5) is 11.9. The van der Waals surface area contributed by atoms with Gasteiger partial charge in [-0.1, -0.05) is 0 Å². The van der Waals surface area contributed by atoms with Crippen molar-refractivity contribution in [3.63, 3.8) is 0 Å². The number of amides is 1. The number of hydrogen-bond acceptors (Lipinski definition) is 16. The Hall–Kier alpha value is -1.13. The highest BCUT2D eigenvalue weighted by molar-refractivity contribution is 5.73. The zero-order valence-corrected chi connectivity index (χ0v) is 20.7. The fourth-order valence-electron chi connectivity index (χ4n) is 4.64. The van der Waals surface area contributed by atoms with Gasteiger partial charge < -0.3 is 79.7 Å². The van der Waals surface area contributed by atoms with Crippen molar-refractivity contribution in [3.8, 4) is 0 Å². The van der Waals surface area contributed by atoms with Gasteiger partial charge in [-0.2, -0.15) is 0 Å². The molecule has 3 rings (SSSR count). The maximum atomic E-state index is 11.9. The maximum Gasteiger partial charge on any atom is 0.217 e. The highest BCUT2D eigenvalue weighted by Crippen LogP contribution is 2.32. The molecule has 17 heteroatoms. The quantitative estimate of drug-likeness (QED) is 0.126. The first kappa shape index (κ1) is 31.4. The van der Waals surface area contributed by atoms with Crippen molar-refractivity contribution in [2.45, 2.75) is 99.0 Å². The second-order valence-corrected chi connectivity index (χ2v) is 9.28. The summed E-state index contributed by atoms with van der Waals surface area (Å²) in [6.07, 6.45) is -21.8. The Kier molecular flexibility index (Phi) is 11.1. The van der Waals surface area contributed by atoms with Crippen LogP contribution in [-0.4, -0.2) is 171 Å². The molecule has 0 aromatic rings. The molecule has 15 atom stereocenters. The Labute approximate surface area is 217 Å². The minimum Gasteiger partial charge on any atom is -0.394 e. The summed E-state index contributed by atoms with van der Waals surface area (Å²) in [5.74, 6) is -0.656. The number of carbonyl (C=O) groups is 1. The second kappa shape index (κ2) is 13.5. The second-order valence-electron chi connectivity index (χ2n) is 9.28. The summed E-state index contributed by atoms with van der Waals surface area (Å²) in [6.45, 7) is -1.08. The third kappa shape index (κ3) is 6.43. The molecule has 0 aromatic heterocycles. The number of methoxy groups -OCH3 is 1. The van der Waals surface area contributed by atoms with Crippen LogP contribution in [0.1, 0.15) is 6.92 Å². The predicted octanol–water partition coefficient (Wildman–Crippen LogP) is -6.78. The standard InChI is InChI=1S/C21H37NO16/c1-6(26)22-10-13(29)17(37-21-15(31)14(30)11(27)7(3-23)35-21)9(5-25)36-19(10)38-18-12(28)8(4-24)34-20(33-2)16(18)32/h7-21,23-25,27-32H,3-5H2,1-2H3,(H,22,26)/t7-,8-,9-,10-,11+,12+,13+,14-,15-,16-,17-,18-,19+,20-,21+/m1/s1. The summed E-state index contributed by atoms with van der Waals surface area (Å²) >= 11 is 0. The van der Waals surface area contributed by atoms with Crippen LogP contribution in [-0.2, 0) is 33.2 Å². The minimum atomic E-state index is -1.83. The van der Waals surface area contributed by atoms with Crippen LogP contribution in [0.4, 0.5) is 0 Å². The molecule has 0 aromatic carbocycles. The number of rotatable bonds is 9. The molecule has 3 aliphatic rings. The molecule has 3 aliphatic heterocycles. The van der Waals surface area contributed by atoms with Gasteiger partial charge in [-0.05, 0) is 0 Å². The van der Waals surface area contributed by atoms with Gasteiger partial charge in [0, 0.05) is 14.0 Å². The zero-order valence-electron chi connectivity index (χ0n) is 20.7.